The van der Waals surface area contributed by atoms with Gasteiger partial charge >= 0.3 is 12.1 Å². The quantitative estimate of drug-likeness (QED) is 0.507. The molecule has 0 saturated carbocycles. The van der Waals surface area contributed by atoms with Crippen LogP contribution in [0.25, 0.3) is 0 Å². The predicted molar refractivity (Wildman–Crippen MR) is 104 cm³/mol. The number of carbonyl (C=O) groups is 3. The number of likely N-dealkylation sites (tertiary alicyclic amines) is 1. The van der Waals surface area contributed by atoms with E-state index in [1.54, 1.807) is 11.8 Å². The molecule has 156 valence electrons. The Bertz CT molecular complexity index is 551. The van der Waals surface area contributed by atoms with Crippen LogP contribution in [0.15, 0.2) is 0 Å². The lowest BCUT2D eigenvalue weighted by molar-refractivity contribution is -0.171. The summed E-state index contributed by atoms with van der Waals surface area (Å²) in [4.78, 5) is 38.5. The first kappa shape index (κ1) is 23.4. The maximum absolute atomic E-state index is 13.0. The number of ether oxygens (including phenoxy) is 2. The van der Waals surface area contributed by atoms with Gasteiger partial charge in [-0.1, -0.05) is 27.7 Å². The number of nitrogens with zero attached hydrogens (tertiary/aromatic N) is 1. The summed E-state index contributed by atoms with van der Waals surface area (Å²) in [7, 11) is 0. The first-order chi connectivity index (χ1) is 12.2. The van der Waals surface area contributed by atoms with Crippen molar-refractivity contribution in [3.63, 3.8) is 0 Å². The number of hydrogen-bond donors (Lipinski definition) is 0. The van der Waals surface area contributed by atoms with Crippen LogP contribution >= 0.6 is 0 Å². The molecule has 0 radical (unpaired) electrons. The number of hydrogen-bond acceptors (Lipinski definition) is 5. The van der Waals surface area contributed by atoms with Crippen molar-refractivity contribution in [2.45, 2.75) is 80.3 Å². The van der Waals surface area contributed by atoms with Crippen molar-refractivity contribution in [2.75, 3.05) is 19.7 Å². The van der Waals surface area contributed by atoms with E-state index in [2.05, 4.69) is 0 Å². The molecule has 1 rings (SSSR count). The minimum absolute atomic E-state index is 0.236. The zero-order chi connectivity index (χ0) is 21.1. The van der Waals surface area contributed by atoms with E-state index < -0.39 is 21.8 Å². The molecule has 1 saturated heterocycles. The van der Waals surface area contributed by atoms with Crippen LogP contribution in [0.3, 0.4) is 0 Å². The number of carbonyl (C=O) groups excluding carboxylic acids is 3. The first-order valence-electron chi connectivity index (χ1n) is 9.81. The monoisotopic (exact) mass is 383 g/mol. The summed E-state index contributed by atoms with van der Waals surface area (Å²) in [6.07, 6.45) is 2.14. The first-order valence-corrected chi connectivity index (χ1v) is 9.81. The molecule has 27 heavy (non-hydrogen) atoms. The Labute approximate surface area is 164 Å². The second kappa shape index (κ2) is 8.19. The molecule has 0 N–H and O–H groups in total. The van der Waals surface area contributed by atoms with Gasteiger partial charge in [0.15, 0.2) is 0 Å². The minimum atomic E-state index is -0.734. The van der Waals surface area contributed by atoms with Crippen LogP contribution in [0.2, 0.25) is 0 Å². The van der Waals surface area contributed by atoms with E-state index in [9.17, 15) is 14.4 Å². The van der Waals surface area contributed by atoms with Crippen LogP contribution in [0, 0.1) is 16.2 Å². The predicted octanol–water partition coefficient (Wildman–Crippen LogP) is 4.21. The van der Waals surface area contributed by atoms with E-state index in [1.165, 1.54) is 0 Å². The van der Waals surface area contributed by atoms with Gasteiger partial charge in [0.2, 0.25) is 0 Å². The lowest BCUT2D eigenvalue weighted by atomic mass is 9.56. The molecular formula is C21H37NO5. The molecule has 1 fully saturated rings. The molecular weight excluding hydrogens is 346 g/mol. The van der Waals surface area contributed by atoms with Crippen molar-refractivity contribution in [3.8, 4) is 0 Å². The Morgan fingerprint density at radius 2 is 1.56 bits per heavy atom. The molecule has 0 aliphatic carbocycles. The van der Waals surface area contributed by atoms with Crippen molar-refractivity contribution >= 4 is 18.3 Å². The van der Waals surface area contributed by atoms with Crippen LogP contribution in [0.4, 0.5) is 4.79 Å². The molecule has 1 aliphatic heterocycles. The van der Waals surface area contributed by atoms with Crippen LogP contribution < -0.4 is 0 Å². The highest BCUT2D eigenvalue weighted by Crippen LogP contribution is 2.53. The third-order valence-corrected chi connectivity index (χ3v) is 5.45. The number of esters is 1. The highest BCUT2D eigenvalue weighted by Gasteiger charge is 2.55. The molecule has 1 aliphatic rings. The van der Waals surface area contributed by atoms with Crippen LogP contribution in [-0.4, -0.2) is 48.5 Å². The fourth-order valence-corrected chi connectivity index (χ4v) is 4.17. The second-order valence-corrected chi connectivity index (χ2v) is 9.94. The van der Waals surface area contributed by atoms with Gasteiger partial charge in [0, 0.05) is 18.5 Å². The summed E-state index contributed by atoms with van der Waals surface area (Å²) >= 11 is 0. The zero-order valence-corrected chi connectivity index (χ0v) is 18.3. The van der Waals surface area contributed by atoms with Crippen molar-refractivity contribution < 1.29 is 23.9 Å². The molecule has 0 atom stereocenters. The van der Waals surface area contributed by atoms with Crippen LogP contribution in [0.5, 0.6) is 0 Å². The van der Waals surface area contributed by atoms with Gasteiger partial charge in [0.1, 0.15) is 11.9 Å². The molecule has 0 aromatic rings. The van der Waals surface area contributed by atoms with Gasteiger partial charge in [-0.2, -0.15) is 0 Å². The standard InChI is InChI=1S/C21H37NO5/c1-9-26-16(24)21(20(7,8)14-19(5,6)15-23)10-12-22(13-11-21)17(25)27-18(2,3)4/h15H,9-14H2,1-8H3. The van der Waals surface area contributed by atoms with Gasteiger partial charge in [-0.25, -0.2) is 4.79 Å². The van der Waals surface area contributed by atoms with Gasteiger partial charge in [-0.3, -0.25) is 4.79 Å². The lowest BCUT2D eigenvalue weighted by Gasteiger charge is -2.50. The average Bonchev–Trinajstić information content (AvgIpc) is 2.52. The Morgan fingerprint density at radius 1 is 1.04 bits per heavy atom. The fourth-order valence-electron chi connectivity index (χ4n) is 4.17. The number of aldehydes is 1. The SMILES string of the molecule is CCOC(=O)C1(C(C)(C)CC(C)(C)C=O)CCN(C(=O)OC(C)(C)C)CC1. The van der Waals surface area contributed by atoms with E-state index >= 15 is 0 Å². The lowest BCUT2D eigenvalue weighted by Crippen LogP contribution is -2.55. The van der Waals surface area contributed by atoms with E-state index in [-0.39, 0.29) is 12.1 Å². The number of amides is 1. The fraction of sp³-hybridized carbons (Fsp3) is 0.857. The largest absolute Gasteiger partial charge is 0.466 e. The topological polar surface area (TPSA) is 72.9 Å². The molecule has 0 unspecified atom stereocenters. The smallest absolute Gasteiger partial charge is 0.410 e. The van der Waals surface area contributed by atoms with Crippen molar-refractivity contribution in [1.82, 2.24) is 4.90 Å². The van der Waals surface area contributed by atoms with Crippen LogP contribution in [0.1, 0.15) is 74.7 Å². The van der Waals surface area contributed by atoms with Crippen molar-refractivity contribution in [2.24, 2.45) is 16.2 Å². The second-order valence-electron chi connectivity index (χ2n) is 9.94. The summed E-state index contributed by atoms with van der Waals surface area (Å²) in [6, 6.07) is 0. The molecule has 0 aromatic carbocycles. The molecule has 6 heteroatoms. The summed E-state index contributed by atoms with van der Waals surface area (Å²) in [5, 5.41) is 0. The highest BCUT2D eigenvalue weighted by atomic mass is 16.6. The van der Waals surface area contributed by atoms with Crippen molar-refractivity contribution in [3.05, 3.63) is 0 Å². The van der Waals surface area contributed by atoms with Gasteiger partial charge in [0.05, 0.1) is 12.0 Å². The summed E-state index contributed by atoms with van der Waals surface area (Å²) in [5.41, 5.74) is -2.28. The van der Waals surface area contributed by atoms with E-state index in [1.807, 2.05) is 48.5 Å². The summed E-state index contributed by atoms with van der Waals surface area (Å²) in [5.74, 6) is -0.236. The van der Waals surface area contributed by atoms with E-state index in [0.717, 1.165) is 6.29 Å². The van der Waals surface area contributed by atoms with Crippen LogP contribution in [-0.2, 0) is 19.1 Å². The molecule has 0 aromatic heterocycles. The minimum Gasteiger partial charge on any atom is -0.466 e. The molecule has 6 nitrogen and oxygen atoms in total. The molecule has 0 bridgehead atoms. The summed E-state index contributed by atoms with van der Waals surface area (Å²) in [6.45, 7) is 16.3. The molecule has 1 amide bonds. The normalized spacial score (nSPS) is 18.0. The molecule has 1 heterocycles. The zero-order valence-electron chi connectivity index (χ0n) is 18.3. The molecule has 0 spiro atoms. The van der Waals surface area contributed by atoms with Gasteiger partial charge in [0.25, 0.3) is 0 Å². The van der Waals surface area contributed by atoms with Gasteiger partial charge in [-0.15, -0.1) is 0 Å². The number of piperidine rings is 1. The Balaban J connectivity index is 3.07. The third-order valence-electron chi connectivity index (χ3n) is 5.45. The maximum Gasteiger partial charge on any atom is 0.410 e. The Morgan fingerprint density at radius 3 is 1.96 bits per heavy atom. The van der Waals surface area contributed by atoms with Gasteiger partial charge < -0.3 is 19.2 Å². The van der Waals surface area contributed by atoms with Crippen molar-refractivity contribution in [1.29, 1.82) is 0 Å². The van der Waals surface area contributed by atoms with Gasteiger partial charge in [-0.05, 0) is 52.4 Å². The summed E-state index contributed by atoms with van der Waals surface area (Å²) < 4.78 is 10.9. The third kappa shape index (κ3) is 5.69. The van der Waals surface area contributed by atoms with E-state index in [4.69, 9.17) is 9.47 Å². The highest BCUT2D eigenvalue weighted by molar-refractivity contribution is 5.79. The number of rotatable bonds is 6. The Hall–Kier alpha value is -1.59. The van der Waals surface area contributed by atoms with E-state index in [0.29, 0.717) is 39.0 Å². The average molecular weight is 384 g/mol. The Kier molecular flexibility index (Phi) is 7.11. The maximum atomic E-state index is 13.0.